The molecule has 0 saturated heterocycles. The summed E-state index contributed by atoms with van der Waals surface area (Å²) in [5.41, 5.74) is -0.294. The molecule has 1 heteroatoms. The molecular weight excluding hydrogens is 148 g/mol. The average Bonchev–Trinajstić information content (AvgIpc) is 2.13. The molecule has 0 radical (unpaired) electrons. The van der Waals surface area contributed by atoms with Gasteiger partial charge in [0.05, 0.1) is 0 Å². The van der Waals surface area contributed by atoms with Gasteiger partial charge in [0.2, 0.25) is 0 Å². The lowest BCUT2D eigenvalue weighted by Crippen LogP contribution is -2.17. The van der Waals surface area contributed by atoms with E-state index in [1.54, 1.807) is 6.08 Å². The van der Waals surface area contributed by atoms with Crippen LogP contribution in [0.15, 0.2) is 24.8 Å². The maximum absolute atomic E-state index is 10.9. The van der Waals surface area contributed by atoms with Crippen LogP contribution in [0.2, 0.25) is 0 Å². The van der Waals surface area contributed by atoms with Crippen molar-refractivity contribution in [2.24, 2.45) is 5.41 Å². The lowest BCUT2D eigenvalue weighted by molar-refractivity contribution is -0.114. The Morgan fingerprint density at radius 2 is 2.08 bits per heavy atom. The van der Waals surface area contributed by atoms with Gasteiger partial charge in [-0.3, -0.25) is 0 Å². The van der Waals surface area contributed by atoms with Gasteiger partial charge in [0.25, 0.3) is 0 Å². The van der Waals surface area contributed by atoms with E-state index < -0.39 is 0 Å². The van der Waals surface area contributed by atoms with Crippen LogP contribution in [0.1, 0.15) is 33.1 Å². The van der Waals surface area contributed by atoms with Crippen molar-refractivity contribution in [3.05, 3.63) is 24.8 Å². The first-order valence-corrected chi connectivity index (χ1v) is 4.49. The third-order valence-electron chi connectivity index (χ3n) is 2.10. The van der Waals surface area contributed by atoms with Gasteiger partial charge in [-0.1, -0.05) is 32.1 Å². The quantitative estimate of drug-likeness (QED) is 0.437. The summed E-state index contributed by atoms with van der Waals surface area (Å²) < 4.78 is 0. The topological polar surface area (TPSA) is 17.1 Å². The van der Waals surface area contributed by atoms with Crippen LogP contribution in [-0.4, -0.2) is 6.29 Å². The van der Waals surface area contributed by atoms with Crippen molar-refractivity contribution in [1.29, 1.82) is 0 Å². The summed E-state index contributed by atoms with van der Waals surface area (Å²) in [6, 6.07) is 0. The van der Waals surface area contributed by atoms with E-state index in [0.717, 1.165) is 25.5 Å². The molecule has 0 heterocycles. The summed E-state index contributed by atoms with van der Waals surface area (Å²) in [4.78, 5) is 10.9. The molecule has 0 amide bonds. The van der Waals surface area contributed by atoms with Crippen molar-refractivity contribution < 1.29 is 4.79 Å². The number of rotatable bonds is 6. The zero-order valence-corrected chi connectivity index (χ0v) is 8.05. The molecular formula is C11H18O. The second-order valence-corrected chi connectivity index (χ2v) is 3.01. The van der Waals surface area contributed by atoms with Gasteiger partial charge in [-0.15, -0.1) is 6.58 Å². The van der Waals surface area contributed by atoms with Crippen molar-refractivity contribution in [2.45, 2.75) is 33.1 Å². The van der Waals surface area contributed by atoms with Crippen LogP contribution in [0.5, 0.6) is 0 Å². The van der Waals surface area contributed by atoms with Gasteiger partial charge in [-0.05, 0) is 19.3 Å². The molecule has 68 valence electrons. The van der Waals surface area contributed by atoms with E-state index in [1.807, 2.05) is 19.1 Å². The van der Waals surface area contributed by atoms with Crippen LogP contribution in [0.4, 0.5) is 0 Å². The molecule has 1 atom stereocenters. The Bertz CT molecular complexity index is 170. The standard InChI is InChI=1S/C11H18O/c1-4-7-9-11(6-3,10-12)8-5-2/h5,7,9-10H,2,4,6,8H2,1,3H3. The third-order valence-corrected chi connectivity index (χ3v) is 2.10. The van der Waals surface area contributed by atoms with Crippen molar-refractivity contribution in [3.63, 3.8) is 0 Å². The maximum atomic E-state index is 10.9. The van der Waals surface area contributed by atoms with Crippen molar-refractivity contribution in [1.82, 2.24) is 0 Å². The molecule has 0 rings (SSSR count). The summed E-state index contributed by atoms with van der Waals surface area (Å²) in [6.45, 7) is 7.75. The van der Waals surface area contributed by atoms with E-state index in [-0.39, 0.29) is 5.41 Å². The predicted octanol–water partition coefficient (Wildman–Crippen LogP) is 3.12. The first kappa shape index (κ1) is 11.2. The van der Waals surface area contributed by atoms with Gasteiger partial charge >= 0.3 is 0 Å². The van der Waals surface area contributed by atoms with Crippen molar-refractivity contribution in [3.8, 4) is 0 Å². The number of hydrogen-bond acceptors (Lipinski definition) is 1. The van der Waals surface area contributed by atoms with Crippen LogP contribution in [0.3, 0.4) is 0 Å². The first-order valence-electron chi connectivity index (χ1n) is 4.49. The Morgan fingerprint density at radius 3 is 2.42 bits per heavy atom. The number of carbonyl (C=O) groups is 1. The van der Waals surface area contributed by atoms with Crippen LogP contribution in [-0.2, 0) is 4.79 Å². The monoisotopic (exact) mass is 166 g/mol. The Hall–Kier alpha value is -0.850. The van der Waals surface area contributed by atoms with E-state index in [9.17, 15) is 4.79 Å². The first-order chi connectivity index (χ1) is 5.74. The molecule has 0 saturated carbocycles. The van der Waals surface area contributed by atoms with E-state index in [1.165, 1.54) is 0 Å². The van der Waals surface area contributed by atoms with E-state index in [0.29, 0.717) is 0 Å². The molecule has 0 bridgehead atoms. The molecule has 0 aromatic rings. The Morgan fingerprint density at radius 1 is 1.42 bits per heavy atom. The number of allylic oxidation sites excluding steroid dienone is 3. The van der Waals surface area contributed by atoms with Crippen LogP contribution >= 0.6 is 0 Å². The minimum atomic E-state index is -0.294. The fourth-order valence-corrected chi connectivity index (χ4v) is 1.12. The van der Waals surface area contributed by atoms with Gasteiger partial charge in [0.1, 0.15) is 6.29 Å². The molecule has 0 aliphatic carbocycles. The zero-order chi connectivity index (χ0) is 9.45. The summed E-state index contributed by atoms with van der Waals surface area (Å²) in [7, 11) is 0. The normalized spacial score (nSPS) is 15.8. The van der Waals surface area contributed by atoms with Gasteiger partial charge in [-0.25, -0.2) is 0 Å². The summed E-state index contributed by atoms with van der Waals surface area (Å²) in [5.74, 6) is 0. The Labute approximate surface area is 75.2 Å². The largest absolute Gasteiger partial charge is 0.302 e. The molecule has 0 spiro atoms. The average molecular weight is 166 g/mol. The van der Waals surface area contributed by atoms with Crippen LogP contribution in [0, 0.1) is 5.41 Å². The highest BCUT2D eigenvalue weighted by molar-refractivity contribution is 5.63. The predicted molar refractivity (Wildman–Crippen MR) is 53.0 cm³/mol. The minimum absolute atomic E-state index is 0.294. The Balaban J connectivity index is 4.44. The van der Waals surface area contributed by atoms with Gasteiger partial charge in [-0.2, -0.15) is 0 Å². The summed E-state index contributed by atoms with van der Waals surface area (Å²) >= 11 is 0. The highest BCUT2D eigenvalue weighted by atomic mass is 16.1. The number of carbonyl (C=O) groups excluding carboxylic acids is 1. The lowest BCUT2D eigenvalue weighted by Gasteiger charge is -2.20. The molecule has 0 aliphatic heterocycles. The van der Waals surface area contributed by atoms with Gasteiger partial charge in [0, 0.05) is 5.41 Å². The fourth-order valence-electron chi connectivity index (χ4n) is 1.12. The van der Waals surface area contributed by atoms with Crippen molar-refractivity contribution >= 4 is 6.29 Å². The smallest absolute Gasteiger partial charge is 0.130 e. The van der Waals surface area contributed by atoms with Gasteiger partial charge < -0.3 is 4.79 Å². The Kier molecular flexibility index (Phi) is 5.35. The molecule has 0 aromatic carbocycles. The SMILES string of the molecule is C=CCC(C=O)(C=CCC)CC. The summed E-state index contributed by atoms with van der Waals surface area (Å²) in [5, 5.41) is 0. The van der Waals surface area contributed by atoms with Crippen molar-refractivity contribution in [2.75, 3.05) is 0 Å². The molecule has 12 heavy (non-hydrogen) atoms. The highest BCUT2D eigenvalue weighted by Gasteiger charge is 2.21. The van der Waals surface area contributed by atoms with Gasteiger partial charge in [0.15, 0.2) is 0 Å². The molecule has 0 N–H and O–H groups in total. The summed E-state index contributed by atoms with van der Waals surface area (Å²) in [6.07, 6.45) is 9.44. The minimum Gasteiger partial charge on any atom is -0.302 e. The molecule has 0 aliphatic rings. The fraction of sp³-hybridized carbons (Fsp3) is 0.545. The third kappa shape index (κ3) is 3.04. The lowest BCUT2D eigenvalue weighted by atomic mass is 9.83. The number of hydrogen-bond donors (Lipinski definition) is 0. The second-order valence-electron chi connectivity index (χ2n) is 3.01. The van der Waals surface area contributed by atoms with Crippen LogP contribution < -0.4 is 0 Å². The van der Waals surface area contributed by atoms with E-state index >= 15 is 0 Å². The highest BCUT2D eigenvalue weighted by Crippen LogP contribution is 2.26. The van der Waals surface area contributed by atoms with Crippen LogP contribution in [0.25, 0.3) is 0 Å². The zero-order valence-electron chi connectivity index (χ0n) is 8.05. The second kappa shape index (κ2) is 5.76. The van der Waals surface area contributed by atoms with E-state index in [2.05, 4.69) is 13.5 Å². The maximum Gasteiger partial charge on any atom is 0.130 e. The number of aldehydes is 1. The molecule has 1 nitrogen and oxygen atoms in total. The molecule has 0 aromatic heterocycles. The molecule has 1 unspecified atom stereocenters. The van der Waals surface area contributed by atoms with E-state index in [4.69, 9.17) is 0 Å². The molecule has 0 fully saturated rings.